The van der Waals surface area contributed by atoms with Crippen molar-refractivity contribution in [1.29, 1.82) is 0 Å². The van der Waals surface area contributed by atoms with Gasteiger partial charge in [0.2, 0.25) is 0 Å². The van der Waals surface area contributed by atoms with Crippen LogP contribution in [0.25, 0.3) is 10.9 Å². The number of aryl methyl sites for hydroxylation is 1. The van der Waals surface area contributed by atoms with E-state index < -0.39 is 0 Å². The maximum atomic E-state index is 13.1. The number of carbonyl (C=O) groups excluding carboxylic acids is 1. The van der Waals surface area contributed by atoms with E-state index in [0.29, 0.717) is 12.0 Å². The number of aromatic amines is 1. The van der Waals surface area contributed by atoms with Crippen molar-refractivity contribution in [2.24, 2.45) is 13.0 Å². The van der Waals surface area contributed by atoms with E-state index in [4.69, 9.17) is 0 Å². The highest BCUT2D eigenvalue weighted by atomic mass is 16.2. The molecule has 6 heteroatoms. The molecule has 0 spiro atoms. The molecule has 1 aliphatic rings. The van der Waals surface area contributed by atoms with Crippen molar-refractivity contribution in [3.63, 3.8) is 0 Å². The predicted molar refractivity (Wildman–Crippen MR) is 107 cm³/mol. The van der Waals surface area contributed by atoms with Crippen LogP contribution in [-0.2, 0) is 7.05 Å². The number of fused-ring (bicyclic) bond motifs is 1. The van der Waals surface area contributed by atoms with Crippen molar-refractivity contribution in [1.82, 2.24) is 24.6 Å². The highest BCUT2D eigenvalue weighted by Gasteiger charge is 2.33. The lowest BCUT2D eigenvalue weighted by atomic mass is 9.85. The van der Waals surface area contributed by atoms with E-state index in [1.54, 1.807) is 0 Å². The normalized spacial score (nSPS) is 20.9. The van der Waals surface area contributed by atoms with E-state index in [1.165, 1.54) is 5.56 Å². The number of aromatic nitrogens is 3. The molecule has 2 aromatic heterocycles. The Morgan fingerprint density at radius 1 is 1.33 bits per heavy atom. The van der Waals surface area contributed by atoms with Crippen molar-refractivity contribution in [2.75, 3.05) is 27.2 Å². The number of nitrogens with zero attached hydrogens (tertiary/aromatic N) is 4. The third-order valence-electron chi connectivity index (χ3n) is 5.75. The standard InChI is InChI=1S/C21H27N5O/c1-24-11-5-6-15(20(24)16-12-23-26(3)14-16)13-25(2)21(27)18-7-4-8-19-17(18)9-10-22-19/h4,7-10,12,14-15,20,22H,5-6,11,13H2,1-3H3/t15-,20+/m0/s1. The van der Waals surface area contributed by atoms with E-state index in [2.05, 4.69) is 28.2 Å². The first-order valence-corrected chi connectivity index (χ1v) is 9.55. The van der Waals surface area contributed by atoms with Gasteiger partial charge >= 0.3 is 0 Å². The van der Waals surface area contributed by atoms with Gasteiger partial charge in [-0.3, -0.25) is 14.4 Å². The predicted octanol–water partition coefficient (Wildman–Crippen LogP) is 3.06. The maximum absolute atomic E-state index is 13.1. The van der Waals surface area contributed by atoms with Gasteiger partial charge in [0.25, 0.3) is 5.91 Å². The average Bonchev–Trinajstić information content (AvgIpc) is 3.29. The molecule has 1 saturated heterocycles. The Kier molecular flexibility index (Phi) is 4.74. The number of benzene rings is 1. The molecule has 0 bridgehead atoms. The van der Waals surface area contributed by atoms with Crippen LogP contribution in [-0.4, -0.2) is 57.7 Å². The third kappa shape index (κ3) is 3.37. The first-order valence-electron chi connectivity index (χ1n) is 9.55. The zero-order valence-corrected chi connectivity index (χ0v) is 16.2. The van der Waals surface area contributed by atoms with Crippen LogP contribution < -0.4 is 0 Å². The Hall–Kier alpha value is -2.60. The fraction of sp³-hybridized carbons (Fsp3) is 0.429. The Morgan fingerprint density at radius 2 is 2.19 bits per heavy atom. The summed E-state index contributed by atoms with van der Waals surface area (Å²) in [5, 5.41) is 5.34. The number of piperidine rings is 1. The number of H-pyrrole nitrogens is 1. The van der Waals surface area contributed by atoms with Gasteiger partial charge in [-0.2, -0.15) is 5.10 Å². The Labute approximate surface area is 159 Å². The van der Waals surface area contributed by atoms with Crippen molar-refractivity contribution in [3.8, 4) is 0 Å². The van der Waals surface area contributed by atoms with Crippen LogP contribution in [0, 0.1) is 5.92 Å². The van der Waals surface area contributed by atoms with Gasteiger partial charge in [-0.1, -0.05) is 6.07 Å². The van der Waals surface area contributed by atoms with Gasteiger partial charge in [0, 0.05) is 61.1 Å². The Bertz CT molecular complexity index is 943. The van der Waals surface area contributed by atoms with Crippen LogP contribution in [0.15, 0.2) is 42.9 Å². The molecule has 1 fully saturated rings. The first kappa shape index (κ1) is 17.8. The smallest absolute Gasteiger partial charge is 0.254 e. The summed E-state index contributed by atoms with van der Waals surface area (Å²) in [6.45, 7) is 1.82. The molecule has 1 amide bonds. The van der Waals surface area contributed by atoms with E-state index in [0.717, 1.165) is 42.4 Å². The molecule has 0 radical (unpaired) electrons. The van der Waals surface area contributed by atoms with Crippen LogP contribution in [0.2, 0.25) is 0 Å². The van der Waals surface area contributed by atoms with Gasteiger partial charge in [0.15, 0.2) is 0 Å². The van der Waals surface area contributed by atoms with Gasteiger partial charge in [0.05, 0.1) is 6.20 Å². The van der Waals surface area contributed by atoms with Crippen LogP contribution in [0.5, 0.6) is 0 Å². The lowest BCUT2D eigenvalue weighted by molar-refractivity contribution is 0.0647. The van der Waals surface area contributed by atoms with Crippen molar-refractivity contribution in [3.05, 3.63) is 54.0 Å². The summed E-state index contributed by atoms with van der Waals surface area (Å²) >= 11 is 0. The molecule has 1 aliphatic heterocycles. The second-order valence-electron chi connectivity index (χ2n) is 7.71. The van der Waals surface area contributed by atoms with Crippen molar-refractivity contribution >= 4 is 16.8 Å². The molecule has 0 aliphatic carbocycles. The number of carbonyl (C=O) groups is 1. The number of hydrogen-bond donors (Lipinski definition) is 1. The molecule has 4 rings (SSSR count). The Balaban J connectivity index is 1.56. The Morgan fingerprint density at radius 3 is 2.96 bits per heavy atom. The second kappa shape index (κ2) is 7.19. The minimum Gasteiger partial charge on any atom is -0.361 e. The van der Waals surface area contributed by atoms with E-state index in [1.807, 2.05) is 60.3 Å². The number of amides is 1. The highest BCUT2D eigenvalue weighted by Crippen LogP contribution is 2.35. The number of hydrogen-bond acceptors (Lipinski definition) is 3. The SMILES string of the molecule is CN(C[C@@H]1CCCN(C)[C@H]1c1cnn(C)c1)C(=O)c1cccc2[nH]ccc12. The first-order chi connectivity index (χ1) is 13.0. The molecule has 3 aromatic rings. The topological polar surface area (TPSA) is 57.2 Å². The van der Waals surface area contributed by atoms with Crippen LogP contribution in [0.4, 0.5) is 0 Å². The summed E-state index contributed by atoms with van der Waals surface area (Å²) in [6.07, 6.45) is 8.23. The van der Waals surface area contributed by atoms with Gasteiger partial charge in [-0.15, -0.1) is 0 Å². The molecule has 0 saturated carbocycles. The lowest BCUT2D eigenvalue weighted by Gasteiger charge is -2.40. The molecule has 2 atom stereocenters. The summed E-state index contributed by atoms with van der Waals surface area (Å²) in [4.78, 5) is 20.6. The molecule has 27 heavy (non-hydrogen) atoms. The average molecular weight is 365 g/mol. The van der Waals surface area contributed by atoms with Crippen molar-refractivity contribution in [2.45, 2.75) is 18.9 Å². The lowest BCUT2D eigenvalue weighted by Crippen LogP contribution is -2.42. The van der Waals surface area contributed by atoms with Gasteiger partial charge in [-0.05, 0) is 50.6 Å². The summed E-state index contributed by atoms with van der Waals surface area (Å²) in [5.41, 5.74) is 3.00. The number of rotatable bonds is 4. The van der Waals surface area contributed by atoms with Gasteiger partial charge in [-0.25, -0.2) is 0 Å². The minimum atomic E-state index is 0.0818. The fourth-order valence-electron chi connectivity index (χ4n) is 4.48. The molecule has 3 heterocycles. The molecule has 1 N–H and O–H groups in total. The van der Waals surface area contributed by atoms with E-state index in [-0.39, 0.29) is 5.91 Å². The fourth-order valence-corrected chi connectivity index (χ4v) is 4.48. The molecular formula is C21H27N5O. The van der Waals surface area contributed by atoms with Gasteiger partial charge in [0.1, 0.15) is 0 Å². The van der Waals surface area contributed by atoms with Crippen molar-refractivity contribution < 1.29 is 4.79 Å². The summed E-state index contributed by atoms with van der Waals surface area (Å²) in [6, 6.07) is 8.13. The monoisotopic (exact) mass is 365 g/mol. The van der Waals surface area contributed by atoms with E-state index in [9.17, 15) is 4.79 Å². The number of likely N-dealkylation sites (tertiary alicyclic amines) is 1. The molecule has 6 nitrogen and oxygen atoms in total. The van der Waals surface area contributed by atoms with Crippen LogP contribution >= 0.6 is 0 Å². The molecule has 1 aromatic carbocycles. The molecule has 0 unspecified atom stereocenters. The second-order valence-corrected chi connectivity index (χ2v) is 7.71. The zero-order chi connectivity index (χ0) is 19.0. The third-order valence-corrected chi connectivity index (χ3v) is 5.75. The molecule has 142 valence electrons. The van der Waals surface area contributed by atoms with Crippen LogP contribution in [0.1, 0.15) is 34.8 Å². The summed E-state index contributed by atoms with van der Waals surface area (Å²) in [5.74, 6) is 0.477. The highest BCUT2D eigenvalue weighted by molar-refractivity contribution is 6.06. The number of nitrogens with one attached hydrogen (secondary N) is 1. The minimum absolute atomic E-state index is 0.0818. The molecular weight excluding hydrogens is 338 g/mol. The summed E-state index contributed by atoms with van der Waals surface area (Å²) < 4.78 is 1.86. The zero-order valence-electron chi connectivity index (χ0n) is 16.2. The van der Waals surface area contributed by atoms with E-state index >= 15 is 0 Å². The maximum Gasteiger partial charge on any atom is 0.254 e. The summed E-state index contributed by atoms with van der Waals surface area (Å²) in [7, 11) is 6.05. The van der Waals surface area contributed by atoms with Crippen LogP contribution in [0.3, 0.4) is 0 Å². The van der Waals surface area contributed by atoms with Gasteiger partial charge < -0.3 is 9.88 Å². The quantitative estimate of drug-likeness (QED) is 0.773. The largest absolute Gasteiger partial charge is 0.361 e.